The van der Waals surface area contributed by atoms with Crippen molar-refractivity contribution in [3.05, 3.63) is 67.0 Å². The lowest BCUT2D eigenvalue weighted by molar-refractivity contribution is -0.684. The van der Waals surface area contributed by atoms with Gasteiger partial charge in [0.25, 0.3) is 5.91 Å². The van der Waals surface area contributed by atoms with Crippen LogP contribution in [-0.2, 0) is 11.3 Å². The number of hydrogen-bond acceptors (Lipinski definition) is 2. The second kappa shape index (κ2) is 6.91. The molecular formula is C17H15ClN2O2. The van der Waals surface area contributed by atoms with Gasteiger partial charge in [-0.15, -0.1) is 0 Å². The van der Waals surface area contributed by atoms with Crippen LogP contribution in [0.15, 0.2) is 67.0 Å². The van der Waals surface area contributed by atoms with Crippen molar-refractivity contribution in [2.24, 2.45) is 0 Å². The number of fused-ring (bicyclic) bond motifs is 1. The summed E-state index contributed by atoms with van der Waals surface area (Å²) in [6, 6.07) is 16.4. The van der Waals surface area contributed by atoms with Crippen molar-refractivity contribution in [2.75, 3.05) is 5.32 Å². The Balaban J connectivity index is 0.00000176. The summed E-state index contributed by atoms with van der Waals surface area (Å²) >= 11 is 0. The summed E-state index contributed by atoms with van der Waals surface area (Å²) in [7, 11) is 0. The molecule has 22 heavy (non-hydrogen) atoms. The second-order valence-corrected chi connectivity index (χ2v) is 4.81. The van der Waals surface area contributed by atoms with Gasteiger partial charge in [-0.1, -0.05) is 24.3 Å². The number of aromatic nitrogens is 1. The Bertz CT molecular complexity index is 791. The number of anilines is 1. The van der Waals surface area contributed by atoms with Gasteiger partial charge >= 0.3 is 0 Å². The molecule has 0 saturated heterocycles. The molecule has 0 aliphatic rings. The topological polar surface area (TPSA) is 53.2 Å². The lowest BCUT2D eigenvalue weighted by atomic mass is 10.1. The molecule has 0 spiro atoms. The molecule has 1 heterocycles. The van der Waals surface area contributed by atoms with Crippen LogP contribution in [0.3, 0.4) is 0 Å². The maximum atomic E-state index is 12.1. The lowest BCUT2D eigenvalue weighted by Crippen LogP contribution is -3.00. The molecule has 1 aromatic heterocycles. The summed E-state index contributed by atoms with van der Waals surface area (Å²) < 4.78 is 1.80. The Kier molecular flexibility index (Phi) is 4.96. The van der Waals surface area contributed by atoms with Gasteiger partial charge < -0.3 is 22.8 Å². The summed E-state index contributed by atoms with van der Waals surface area (Å²) in [5.74, 6) is 0.0728. The number of carbonyl (C=O) groups is 1. The number of aromatic hydroxyl groups is 1. The molecule has 2 N–H and O–H groups in total. The zero-order valence-electron chi connectivity index (χ0n) is 11.7. The number of hydrogen-bond donors (Lipinski definition) is 2. The highest BCUT2D eigenvalue weighted by molar-refractivity contribution is 6.02. The summed E-state index contributed by atoms with van der Waals surface area (Å²) in [4.78, 5) is 12.1. The maximum Gasteiger partial charge on any atom is 0.290 e. The molecule has 1 amide bonds. The number of amides is 1. The van der Waals surface area contributed by atoms with Crippen LogP contribution in [-0.4, -0.2) is 11.0 Å². The van der Waals surface area contributed by atoms with Crippen LogP contribution in [0.1, 0.15) is 0 Å². The molecule has 3 aromatic rings. The van der Waals surface area contributed by atoms with E-state index in [-0.39, 0.29) is 30.6 Å². The van der Waals surface area contributed by atoms with Gasteiger partial charge in [-0.25, -0.2) is 0 Å². The first-order chi connectivity index (χ1) is 10.2. The maximum absolute atomic E-state index is 12.1. The van der Waals surface area contributed by atoms with Gasteiger partial charge in [0.15, 0.2) is 12.4 Å². The minimum atomic E-state index is -0.109. The number of benzene rings is 2. The Morgan fingerprint density at radius 2 is 1.82 bits per heavy atom. The predicted octanol–water partition coefficient (Wildman–Crippen LogP) is -0.524. The van der Waals surface area contributed by atoms with Crippen LogP contribution < -0.4 is 22.3 Å². The number of nitrogens with one attached hydrogen (secondary N) is 1. The fourth-order valence-corrected chi connectivity index (χ4v) is 2.26. The number of carbonyl (C=O) groups excluding carboxylic acids is 1. The van der Waals surface area contributed by atoms with E-state index in [1.54, 1.807) is 16.7 Å². The number of nitrogens with zero attached hydrogens (tertiary/aromatic N) is 1. The van der Waals surface area contributed by atoms with Crippen molar-refractivity contribution >= 4 is 22.4 Å². The van der Waals surface area contributed by atoms with E-state index in [1.807, 2.05) is 54.9 Å². The average Bonchev–Trinajstić information content (AvgIpc) is 2.49. The van der Waals surface area contributed by atoms with Crippen LogP contribution in [0.5, 0.6) is 5.75 Å². The largest absolute Gasteiger partial charge is 1.00 e. The van der Waals surface area contributed by atoms with Crippen LogP contribution >= 0.6 is 0 Å². The van der Waals surface area contributed by atoms with Crippen LogP contribution in [0.25, 0.3) is 10.8 Å². The molecule has 0 fully saturated rings. The van der Waals surface area contributed by atoms with E-state index in [1.165, 1.54) is 0 Å². The van der Waals surface area contributed by atoms with Gasteiger partial charge in [0.2, 0.25) is 6.54 Å². The minimum Gasteiger partial charge on any atom is -1.00 e. The number of phenols is 1. The first-order valence-corrected chi connectivity index (χ1v) is 6.68. The van der Waals surface area contributed by atoms with E-state index in [0.29, 0.717) is 5.69 Å². The van der Waals surface area contributed by atoms with Crippen molar-refractivity contribution in [3.8, 4) is 5.75 Å². The van der Waals surface area contributed by atoms with E-state index in [9.17, 15) is 9.90 Å². The molecule has 0 atom stereocenters. The fourth-order valence-electron chi connectivity index (χ4n) is 2.26. The van der Waals surface area contributed by atoms with Gasteiger partial charge in [-0.2, -0.15) is 4.57 Å². The zero-order valence-corrected chi connectivity index (χ0v) is 12.5. The molecule has 4 nitrogen and oxygen atoms in total. The molecule has 0 aliphatic heterocycles. The Morgan fingerprint density at radius 3 is 2.59 bits per heavy atom. The molecule has 5 heteroatoms. The fraction of sp³-hybridized carbons (Fsp3) is 0.0588. The summed E-state index contributed by atoms with van der Waals surface area (Å²) in [6.45, 7) is 0.246. The van der Waals surface area contributed by atoms with E-state index in [0.717, 1.165) is 10.8 Å². The molecule has 0 saturated carbocycles. The van der Waals surface area contributed by atoms with Crippen LogP contribution in [0.4, 0.5) is 5.69 Å². The molecule has 0 aliphatic carbocycles. The lowest BCUT2D eigenvalue weighted by Gasteiger charge is -2.08. The van der Waals surface area contributed by atoms with Crippen molar-refractivity contribution in [1.82, 2.24) is 0 Å². The van der Waals surface area contributed by atoms with Gasteiger partial charge in [0, 0.05) is 23.2 Å². The van der Waals surface area contributed by atoms with Crippen LogP contribution in [0, 0.1) is 0 Å². The van der Waals surface area contributed by atoms with E-state index in [4.69, 9.17) is 0 Å². The monoisotopic (exact) mass is 314 g/mol. The van der Waals surface area contributed by atoms with Gasteiger partial charge in [0.05, 0.1) is 0 Å². The molecular weight excluding hydrogens is 300 g/mol. The molecule has 0 radical (unpaired) electrons. The number of pyridine rings is 1. The third-order valence-corrected chi connectivity index (χ3v) is 3.24. The van der Waals surface area contributed by atoms with Crippen molar-refractivity contribution in [2.45, 2.75) is 6.54 Å². The van der Waals surface area contributed by atoms with Gasteiger partial charge in [0.1, 0.15) is 5.75 Å². The summed E-state index contributed by atoms with van der Waals surface area (Å²) in [5.41, 5.74) is 0.699. The van der Waals surface area contributed by atoms with Crippen LogP contribution in [0.2, 0.25) is 0 Å². The van der Waals surface area contributed by atoms with Crippen molar-refractivity contribution < 1.29 is 26.9 Å². The first-order valence-electron chi connectivity index (χ1n) is 6.68. The average molecular weight is 315 g/mol. The van der Waals surface area contributed by atoms with Gasteiger partial charge in [-0.3, -0.25) is 4.79 Å². The summed E-state index contributed by atoms with van der Waals surface area (Å²) in [5, 5.41) is 14.3. The highest BCUT2D eigenvalue weighted by Gasteiger charge is 2.10. The molecule has 0 bridgehead atoms. The quantitative estimate of drug-likeness (QED) is 0.639. The highest BCUT2D eigenvalue weighted by atomic mass is 35.5. The van der Waals surface area contributed by atoms with E-state index >= 15 is 0 Å². The smallest absolute Gasteiger partial charge is 0.290 e. The van der Waals surface area contributed by atoms with E-state index in [2.05, 4.69) is 5.32 Å². The Labute approximate surface area is 134 Å². The van der Waals surface area contributed by atoms with Crippen molar-refractivity contribution in [3.63, 3.8) is 0 Å². The third kappa shape index (κ3) is 3.54. The molecule has 3 rings (SSSR count). The second-order valence-electron chi connectivity index (χ2n) is 4.81. The normalized spacial score (nSPS) is 10.0. The highest BCUT2D eigenvalue weighted by Crippen LogP contribution is 2.26. The molecule has 112 valence electrons. The number of halogens is 1. The molecule has 0 unspecified atom stereocenters. The third-order valence-electron chi connectivity index (χ3n) is 3.24. The number of rotatable bonds is 3. The van der Waals surface area contributed by atoms with E-state index < -0.39 is 0 Å². The zero-order chi connectivity index (χ0) is 14.7. The Hall–Kier alpha value is -2.59. The Morgan fingerprint density at radius 1 is 1.05 bits per heavy atom. The predicted molar refractivity (Wildman–Crippen MR) is 80.9 cm³/mol. The SMILES string of the molecule is O=C(C[n+]1ccccc1)Nc1cccc2ccc(O)cc12.[Cl-]. The summed E-state index contributed by atoms with van der Waals surface area (Å²) in [6.07, 6.45) is 3.68. The standard InChI is InChI=1S/C17H14N2O2.ClH/c20-14-8-7-13-5-4-6-16(15(13)11-14)18-17(21)12-19-9-2-1-3-10-19;/h1-11H,12H2,(H-,18,20,21);1H. The first kappa shape index (κ1) is 15.8. The minimum absolute atomic E-state index is 0. The van der Waals surface area contributed by atoms with Crippen molar-refractivity contribution in [1.29, 1.82) is 0 Å². The molecule has 2 aromatic carbocycles. The van der Waals surface area contributed by atoms with Gasteiger partial charge in [-0.05, 0) is 23.6 Å². The number of phenolic OH excluding ortho intramolecular Hbond substituents is 1.